The van der Waals surface area contributed by atoms with Gasteiger partial charge in [-0.15, -0.1) is 0 Å². The van der Waals surface area contributed by atoms with Crippen molar-refractivity contribution in [1.82, 2.24) is 19.6 Å². The minimum atomic E-state index is -3.98. The summed E-state index contributed by atoms with van der Waals surface area (Å²) in [7, 11) is -3.98. The smallest absolute Gasteiger partial charge is 0.321 e. The van der Waals surface area contributed by atoms with Crippen molar-refractivity contribution >= 4 is 33.6 Å². The van der Waals surface area contributed by atoms with E-state index < -0.39 is 28.6 Å². The second kappa shape index (κ2) is 10.5. The maximum Gasteiger partial charge on any atom is 0.321 e. The number of benzene rings is 1. The number of Topliss-reactive ketones (excluding diaryl/α,β-unsaturated/α-hetero) is 1. The fourth-order valence-corrected chi connectivity index (χ4v) is 4.20. The number of hydrogen-bond acceptors (Lipinski definition) is 9. The molecule has 11 nitrogen and oxygen atoms in total. The Balaban J connectivity index is 1.47. The van der Waals surface area contributed by atoms with Gasteiger partial charge in [-0.25, -0.2) is 18.4 Å². The molecule has 1 saturated heterocycles. The van der Waals surface area contributed by atoms with Gasteiger partial charge in [0.2, 0.25) is 16.0 Å². The Kier molecular flexibility index (Phi) is 7.71. The molecule has 33 heavy (non-hydrogen) atoms. The molecule has 1 amide bonds. The molecule has 1 atom stereocenters. The van der Waals surface area contributed by atoms with Crippen LogP contribution in [0.4, 0.5) is 5.95 Å². The van der Waals surface area contributed by atoms with Gasteiger partial charge < -0.3 is 14.5 Å². The third-order valence-electron chi connectivity index (χ3n) is 5.06. The first-order chi connectivity index (χ1) is 15.7. The van der Waals surface area contributed by atoms with Crippen molar-refractivity contribution in [3.63, 3.8) is 0 Å². The van der Waals surface area contributed by atoms with E-state index in [0.717, 1.165) is 0 Å². The fourth-order valence-electron chi connectivity index (χ4n) is 3.23. The molecule has 1 aromatic heterocycles. The van der Waals surface area contributed by atoms with Crippen molar-refractivity contribution in [2.45, 2.75) is 24.8 Å². The summed E-state index contributed by atoms with van der Waals surface area (Å²) in [4.78, 5) is 47.9. The molecule has 0 aliphatic carbocycles. The molecule has 3 rings (SSSR count). The van der Waals surface area contributed by atoms with Crippen LogP contribution in [-0.2, 0) is 24.3 Å². The molecule has 1 N–H and O–H groups in total. The Hall–Kier alpha value is -3.38. The zero-order valence-corrected chi connectivity index (χ0v) is 19.1. The Morgan fingerprint density at radius 2 is 1.67 bits per heavy atom. The highest BCUT2D eigenvalue weighted by atomic mass is 32.2. The summed E-state index contributed by atoms with van der Waals surface area (Å²) in [6.45, 7) is 4.11. The largest absolute Gasteiger partial charge is 0.452 e. The maximum absolute atomic E-state index is 12.6. The lowest BCUT2D eigenvalue weighted by Crippen LogP contribution is -2.52. The van der Waals surface area contributed by atoms with E-state index in [4.69, 9.17) is 4.74 Å². The van der Waals surface area contributed by atoms with E-state index in [1.807, 2.05) is 4.90 Å². The minimum absolute atomic E-state index is 0.0929. The third-order valence-corrected chi connectivity index (χ3v) is 6.48. The first-order valence-corrected chi connectivity index (χ1v) is 11.8. The number of rotatable bonds is 8. The zero-order chi connectivity index (χ0) is 24.0. The average Bonchev–Trinajstić information content (AvgIpc) is 2.83. The number of sulfonamides is 1. The van der Waals surface area contributed by atoms with Crippen LogP contribution in [0.1, 0.15) is 24.2 Å². The summed E-state index contributed by atoms with van der Waals surface area (Å²) in [5.74, 6) is -0.841. The van der Waals surface area contributed by atoms with Gasteiger partial charge >= 0.3 is 5.97 Å². The number of anilines is 1. The van der Waals surface area contributed by atoms with Gasteiger partial charge in [0.1, 0.15) is 6.54 Å². The molecule has 2 heterocycles. The van der Waals surface area contributed by atoms with Crippen LogP contribution >= 0.6 is 0 Å². The first-order valence-electron chi connectivity index (χ1n) is 10.3. The van der Waals surface area contributed by atoms with Crippen molar-refractivity contribution in [3.8, 4) is 0 Å². The molecule has 12 heteroatoms. The topological polar surface area (TPSA) is 139 Å². The summed E-state index contributed by atoms with van der Waals surface area (Å²) >= 11 is 0. The molecule has 1 unspecified atom stereocenters. The van der Waals surface area contributed by atoms with Gasteiger partial charge in [0.05, 0.1) is 4.90 Å². The Morgan fingerprint density at radius 1 is 1.06 bits per heavy atom. The summed E-state index contributed by atoms with van der Waals surface area (Å²) in [5.41, 5.74) is 0.373. The van der Waals surface area contributed by atoms with E-state index in [1.54, 1.807) is 23.4 Å². The van der Waals surface area contributed by atoms with Crippen LogP contribution in [0.5, 0.6) is 0 Å². The monoisotopic (exact) mass is 475 g/mol. The van der Waals surface area contributed by atoms with E-state index in [2.05, 4.69) is 14.7 Å². The number of ketones is 1. The molecule has 1 fully saturated rings. The number of nitrogens with zero attached hydrogens (tertiary/aromatic N) is 4. The Morgan fingerprint density at radius 3 is 2.24 bits per heavy atom. The molecule has 1 aliphatic rings. The molecule has 0 saturated carbocycles. The number of carbonyl (C=O) groups is 3. The number of hydrogen-bond donors (Lipinski definition) is 1. The number of nitrogens with one attached hydrogen (secondary N) is 1. The van der Waals surface area contributed by atoms with Crippen LogP contribution in [0.3, 0.4) is 0 Å². The van der Waals surface area contributed by atoms with Crippen LogP contribution in [0.2, 0.25) is 0 Å². The number of ether oxygens (including phenoxy) is 1. The molecule has 0 radical (unpaired) electrons. The van der Waals surface area contributed by atoms with Crippen molar-refractivity contribution in [3.05, 3.63) is 48.3 Å². The van der Waals surface area contributed by atoms with Crippen molar-refractivity contribution in [1.29, 1.82) is 0 Å². The minimum Gasteiger partial charge on any atom is -0.452 e. The number of amides is 1. The number of piperazine rings is 1. The normalized spacial score (nSPS) is 15.1. The predicted molar refractivity (Wildman–Crippen MR) is 118 cm³/mol. The van der Waals surface area contributed by atoms with Crippen LogP contribution in [0, 0.1) is 0 Å². The highest BCUT2D eigenvalue weighted by molar-refractivity contribution is 7.89. The quantitative estimate of drug-likeness (QED) is 0.420. The van der Waals surface area contributed by atoms with Gasteiger partial charge in [0, 0.05) is 44.1 Å². The molecule has 0 bridgehead atoms. The van der Waals surface area contributed by atoms with E-state index in [1.165, 1.54) is 38.1 Å². The summed E-state index contributed by atoms with van der Waals surface area (Å²) in [5, 5.41) is 0. The van der Waals surface area contributed by atoms with Gasteiger partial charge in [-0.05, 0) is 32.0 Å². The second-order valence-electron chi connectivity index (χ2n) is 7.40. The van der Waals surface area contributed by atoms with Gasteiger partial charge in [-0.3, -0.25) is 14.4 Å². The van der Waals surface area contributed by atoms with Crippen LogP contribution < -0.4 is 9.62 Å². The number of esters is 1. The van der Waals surface area contributed by atoms with Crippen LogP contribution in [0.15, 0.2) is 47.6 Å². The molecular formula is C21H25N5O6S. The summed E-state index contributed by atoms with van der Waals surface area (Å²) in [6, 6.07) is 7.05. The highest BCUT2D eigenvalue weighted by Gasteiger charge is 2.28. The van der Waals surface area contributed by atoms with Gasteiger partial charge in [0.25, 0.3) is 5.91 Å². The second-order valence-corrected chi connectivity index (χ2v) is 9.17. The Labute approximate surface area is 191 Å². The van der Waals surface area contributed by atoms with E-state index in [0.29, 0.717) is 37.7 Å². The molecular weight excluding hydrogens is 450 g/mol. The van der Waals surface area contributed by atoms with E-state index in [-0.39, 0.29) is 16.6 Å². The van der Waals surface area contributed by atoms with E-state index >= 15 is 0 Å². The van der Waals surface area contributed by atoms with E-state index in [9.17, 15) is 22.8 Å². The molecule has 0 spiro atoms. The molecule has 1 aliphatic heterocycles. The van der Waals surface area contributed by atoms with Gasteiger partial charge in [-0.2, -0.15) is 4.72 Å². The van der Waals surface area contributed by atoms with Crippen molar-refractivity contribution in [2.24, 2.45) is 0 Å². The average molecular weight is 476 g/mol. The lowest BCUT2D eigenvalue weighted by atomic mass is 10.2. The van der Waals surface area contributed by atoms with Crippen LogP contribution in [-0.4, -0.2) is 79.8 Å². The predicted octanol–water partition coefficient (Wildman–Crippen LogP) is 0.238. The SMILES string of the molecule is CC(=O)c1ccc(S(=O)(=O)NCC(=O)OC(C)C(=O)N2CCN(c3ncccn3)CC2)cc1. The van der Waals surface area contributed by atoms with Crippen molar-refractivity contribution in [2.75, 3.05) is 37.6 Å². The van der Waals surface area contributed by atoms with Crippen LogP contribution in [0.25, 0.3) is 0 Å². The zero-order valence-electron chi connectivity index (χ0n) is 18.3. The first kappa shape index (κ1) is 24.3. The van der Waals surface area contributed by atoms with Gasteiger partial charge in [-0.1, -0.05) is 12.1 Å². The summed E-state index contributed by atoms with van der Waals surface area (Å²) in [6.07, 6.45) is 2.24. The highest BCUT2D eigenvalue weighted by Crippen LogP contribution is 2.12. The summed E-state index contributed by atoms with van der Waals surface area (Å²) < 4.78 is 31.9. The lowest BCUT2D eigenvalue weighted by Gasteiger charge is -2.35. The standard InChI is InChI=1S/C21H25N5O6S/c1-15(27)17-4-6-18(7-5-17)33(30,31)24-14-19(28)32-16(2)20(29)25-10-12-26(13-11-25)21-22-8-3-9-23-21/h3-9,16,24H,10-14H2,1-2H3. The lowest BCUT2D eigenvalue weighted by molar-refractivity contribution is -0.158. The molecule has 2 aromatic rings. The third kappa shape index (κ3) is 6.33. The number of carbonyl (C=O) groups excluding carboxylic acids is 3. The van der Waals surface area contributed by atoms with Gasteiger partial charge in [0.15, 0.2) is 11.9 Å². The fraction of sp³-hybridized carbons (Fsp3) is 0.381. The Bertz CT molecular complexity index is 1100. The number of aromatic nitrogens is 2. The molecule has 176 valence electrons. The maximum atomic E-state index is 12.6. The molecule has 1 aromatic carbocycles. The van der Waals surface area contributed by atoms with Crippen molar-refractivity contribution < 1.29 is 27.5 Å².